The van der Waals surface area contributed by atoms with Crippen LogP contribution in [0.25, 0.3) is 17.1 Å². The molecule has 0 aliphatic rings. The number of aryl methyl sites for hydroxylation is 1. The Hall–Kier alpha value is -2.56. The standard InChI is InChI=1S/C14H14N4O/c1-9-10(2)16-18(14(9)15)13-8-12(17-19-13)11-6-4-3-5-7-11/h3-8H,15H2,1-2H3. The SMILES string of the molecule is Cc1nn(-c2cc(-c3ccccc3)no2)c(N)c1C. The fourth-order valence-corrected chi connectivity index (χ4v) is 1.90. The van der Waals surface area contributed by atoms with Crippen molar-refractivity contribution < 1.29 is 4.52 Å². The molecular formula is C14H14N4O. The van der Waals surface area contributed by atoms with E-state index in [0.29, 0.717) is 11.7 Å². The van der Waals surface area contributed by atoms with E-state index in [2.05, 4.69) is 10.3 Å². The Morgan fingerprint density at radius 1 is 1.16 bits per heavy atom. The zero-order valence-electron chi connectivity index (χ0n) is 10.8. The molecule has 0 spiro atoms. The summed E-state index contributed by atoms with van der Waals surface area (Å²) >= 11 is 0. The average molecular weight is 254 g/mol. The van der Waals surface area contributed by atoms with Crippen LogP contribution in [0.1, 0.15) is 11.3 Å². The van der Waals surface area contributed by atoms with Crippen LogP contribution in [0.15, 0.2) is 40.9 Å². The van der Waals surface area contributed by atoms with Gasteiger partial charge in [0.05, 0.1) is 5.69 Å². The first kappa shape index (κ1) is 11.5. The molecule has 3 rings (SSSR count). The number of nitrogens with zero attached hydrogens (tertiary/aromatic N) is 3. The Morgan fingerprint density at radius 2 is 1.89 bits per heavy atom. The molecule has 5 heteroatoms. The number of rotatable bonds is 2. The van der Waals surface area contributed by atoms with Gasteiger partial charge >= 0.3 is 0 Å². The number of nitrogen functional groups attached to an aromatic ring is 1. The van der Waals surface area contributed by atoms with E-state index in [0.717, 1.165) is 22.5 Å². The third-order valence-electron chi connectivity index (χ3n) is 3.18. The zero-order chi connectivity index (χ0) is 13.4. The second-order valence-electron chi connectivity index (χ2n) is 4.42. The molecule has 0 radical (unpaired) electrons. The Morgan fingerprint density at radius 3 is 2.53 bits per heavy atom. The number of hydrogen-bond donors (Lipinski definition) is 1. The van der Waals surface area contributed by atoms with Gasteiger partial charge in [0.1, 0.15) is 11.5 Å². The summed E-state index contributed by atoms with van der Waals surface area (Å²) in [5.74, 6) is 1.10. The maximum absolute atomic E-state index is 6.00. The van der Waals surface area contributed by atoms with Crippen molar-refractivity contribution in [3.63, 3.8) is 0 Å². The Balaban J connectivity index is 2.04. The van der Waals surface area contributed by atoms with Crippen molar-refractivity contribution in [1.29, 1.82) is 0 Å². The molecule has 0 bridgehead atoms. The second kappa shape index (κ2) is 4.28. The Labute approximate surface area is 110 Å². The number of benzene rings is 1. The molecule has 2 aromatic heterocycles. The van der Waals surface area contributed by atoms with E-state index >= 15 is 0 Å². The van der Waals surface area contributed by atoms with Crippen LogP contribution >= 0.6 is 0 Å². The quantitative estimate of drug-likeness (QED) is 0.763. The first-order valence-corrected chi connectivity index (χ1v) is 6.01. The number of anilines is 1. The third-order valence-corrected chi connectivity index (χ3v) is 3.18. The Kier molecular flexibility index (Phi) is 2.59. The van der Waals surface area contributed by atoms with Crippen molar-refractivity contribution in [2.24, 2.45) is 0 Å². The van der Waals surface area contributed by atoms with Crippen LogP contribution in [0, 0.1) is 13.8 Å². The van der Waals surface area contributed by atoms with Crippen molar-refractivity contribution in [3.05, 3.63) is 47.7 Å². The van der Waals surface area contributed by atoms with Gasteiger partial charge in [0.2, 0.25) is 0 Å². The van der Waals surface area contributed by atoms with Crippen LogP contribution < -0.4 is 5.73 Å². The highest BCUT2D eigenvalue weighted by Gasteiger charge is 2.14. The summed E-state index contributed by atoms with van der Waals surface area (Å²) < 4.78 is 6.90. The van der Waals surface area contributed by atoms with E-state index in [-0.39, 0.29) is 0 Å². The van der Waals surface area contributed by atoms with Gasteiger partial charge < -0.3 is 10.3 Å². The average Bonchev–Trinajstić information content (AvgIpc) is 3.01. The number of nitrogens with two attached hydrogens (primary N) is 1. The zero-order valence-corrected chi connectivity index (χ0v) is 10.8. The maximum atomic E-state index is 6.00. The summed E-state index contributed by atoms with van der Waals surface area (Å²) in [6.45, 7) is 3.85. The summed E-state index contributed by atoms with van der Waals surface area (Å²) in [6.07, 6.45) is 0. The molecule has 0 aliphatic carbocycles. The molecule has 0 amide bonds. The molecule has 96 valence electrons. The van der Waals surface area contributed by atoms with Gasteiger partial charge in [-0.05, 0) is 13.8 Å². The molecule has 2 N–H and O–H groups in total. The van der Waals surface area contributed by atoms with Crippen molar-refractivity contribution in [2.45, 2.75) is 13.8 Å². The topological polar surface area (TPSA) is 69.9 Å². The van der Waals surface area contributed by atoms with Crippen molar-refractivity contribution in [3.8, 4) is 17.1 Å². The normalized spacial score (nSPS) is 10.8. The summed E-state index contributed by atoms with van der Waals surface area (Å²) in [5.41, 5.74) is 9.60. The minimum atomic E-state index is 0.521. The third kappa shape index (κ3) is 1.89. The maximum Gasteiger partial charge on any atom is 0.254 e. The number of aromatic nitrogens is 3. The van der Waals surface area contributed by atoms with Crippen LogP contribution in [0.5, 0.6) is 0 Å². The summed E-state index contributed by atoms with van der Waals surface area (Å²) in [7, 11) is 0. The fourth-order valence-electron chi connectivity index (χ4n) is 1.90. The highest BCUT2D eigenvalue weighted by atomic mass is 16.5. The smallest absolute Gasteiger partial charge is 0.254 e. The van der Waals surface area contributed by atoms with Crippen molar-refractivity contribution >= 4 is 5.82 Å². The summed E-state index contributed by atoms with van der Waals surface area (Å²) in [5, 5.41) is 8.40. The lowest BCUT2D eigenvalue weighted by molar-refractivity contribution is 0.401. The summed E-state index contributed by atoms with van der Waals surface area (Å²) in [6, 6.07) is 11.7. The largest absolute Gasteiger partial charge is 0.383 e. The van der Waals surface area contributed by atoms with E-state index in [1.54, 1.807) is 4.68 Å². The van der Waals surface area contributed by atoms with E-state index in [1.807, 2.05) is 50.2 Å². The molecule has 19 heavy (non-hydrogen) atoms. The van der Waals surface area contributed by atoms with Crippen LogP contribution in [0.2, 0.25) is 0 Å². The van der Waals surface area contributed by atoms with Gasteiger partial charge in [-0.15, -0.1) is 0 Å². The molecule has 0 fully saturated rings. The minimum absolute atomic E-state index is 0.521. The van der Waals surface area contributed by atoms with Crippen LogP contribution in [-0.2, 0) is 0 Å². The Bertz CT molecular complexity index is 712. The predicted octanol–water partition coefficient (Wildman–Crippen LogP) is 2.73. The molecule has 5 nitrogen and oxygen atoms in total. The van der Waals surface area contributed by atoms with Gasteiger partial charge in [-0.25, -0.2) is 0 Å². The predicted molar refractivity (Wildman–Crippen MR) is 72.9 cm³/mol. The van der Waals surface area contributed by atoms with Crippen LogP contribution in [0.3, 0.4) is 0 Å². The first-order valence-electron chi connectivity index (χ1n) is 6.01. The molecule has 1 aromatic carbocycles. The van der Waals surface area contributed by atoms with Gasteiger partial charge in [0.25, 0.3) is 5.88 Å². The molecule has 3 aromatic rings. The van der Waals surface area contributed by atoms with Crippen LogP contribution in [-0.4, -0.2) is 14.9 Å². The minimum Gasteiger partial charge on any atom is -0.383 e. The molecule has 2 heterocycles. The lowest BCUT2D eigenvalue weighted by Crippen LogP contribution is -2.00. The number of hydrogen-bond acceptors (Lipinski definition) is 4. The lowest BCUT2D eigenvalue weighted by atomic mass is 10.2. The van der Waals surface area contributed by atoms with E-state index in [9.17, 15) is 0 Å². The van der Waals surface area contributed by atoms with E-state index in [4.69, 9.17) is 10.3 Å². The van der Waals surface area contributed by atoms with Gasteiger partial charge in [-0.2, -0.15) is 9.78 Å². The van der Waals surface area contributed by atoms with Gasteiger partial charge in [-0.1, -0.05) is 35.5 Å². The molecule has 0 atom stereocenters. The molecule has 0 unspecified atom stereocenters. The highest BCUT2D eigenvalue weighted by Crippen LogP contribution is 2.24. The summed E-state index contributed by atoms with van der Waals surface area (Å²) in [4.78, 5) is 0. The van der Waals surface area contributed by atoms with Crippen molar-refractivity contribution in [1.82, 2.24) is 14.9 Å². The lowest BCUT2D eigenvalue weighted by Gasteiger charge is -1.97. The first-order chi connectivity index (χ1) is 9.16. The second-order valence-corrected chi connectivity index (χ2v) is 4.42. The van der Waals surface area contributed by atoms with Crippen LogP contribution in [0.4, 0.5) is 5.82 Å². The molecular weight excluding hydrogens is 240 g/mol. The van der Waals surface area contributed by atoms with Gasteiger partial charge in [-0.3, -0.25) is 0 Å². The molecule has 0 aliphatic heterocycles. The van der Waals surface area contributed by atoms with Gasteiger partial charge in [0, 0.05) is 17.2 Å². The van der Waals surface area contributed by atoms with Gasteiger partial charge in [0.15, 0.2) is 0 Å². The highest BCUT2D eigenvalue weighted by molar-refractivity contribution is 5.60. The molecule has 0 saturated heterocycles. The van der Waals surface area contributed by atoms with E-state index < -0.39 is 0 Å². The molecule has 0 saturated carbocycles. The van der Waals surface area contributed by atoms with Crippen molar-refractivity contribution in [2.75, 3.05) is 5.73 Å². The van der Waals surface area contributed by atoms with E-state index in [1.165, 1.54) is 0 Å². The fraction of sp³-hybridized carbons (Fsp3) is 0.143. The monoisotopic (exact) mass is 254 g/mol.